The maximum absolute atomic E-state index is 11.8. The molecule has 1 heterocycles. The van der Waals surface area contributed by atoms with E-state index in [1.165, 1.54) is 0 Å². The number of rotatable bonds is 3. The molecule has 0 atom stereocenters. The number of anilines is 1. The predicted molar refractivity (Wildman–Crippen MR) is 59.4 cm³/mol. The first-order valence-electron chi connectivity index (χ1n) is 5.00. The quantitative estimate of drug-likeness (QED) is 0.769. The second-order valence-corrected chi connectivity index (χ2v) is 4.03. The minimum Gasteiger partial charge on any atom is -0.396 e. The average molecular weight is 210 g/mol. The van der Waals surface area contributed by atoms with Crippen LogP contribution in [0.3, 0.4) is 0 Å². The van der Waals surface area contributed by atoms with Crippen LogP contribution in [0, 0.1) is 6.92 Å². The molecule has 0 radical (unpaired) electrons. The maximum atomic E-state index is 11.8. The van der Waals surface area contributed by atoms with Crippen LogP contribution in [-0.4, -0.2) is 22.2 Å². The monoisotopic (exact) mass is 210 g/mol. The van der Waals surface area contributed by atoms with Crippen molar-refractivity contribution in [2.75, 3.05) is 12.3 Å². The van der Waals surface area contributed by atoms with E-state index in [9.17, 15) is 4.79 Å². The molecule has 0 unspecified atom stereocenters. The Morgan fingerprint density at radius 3 is 2.67 bits per heavy atom. The Morgan fingerprint density at radius 1 is 1.67 bits per heavy atom. The highest BCUT2D eigenvalue weighted by Crippen LogP contribution is 2.18. The van der Waals surface area contributed by atoms with E-state index in [-0.39, 0.29) is 5.91 Å². The molecule has 0 aliphatic carbocycles. The summed E-state index contributed by atoms with van der Waals surface area (Å²) in [5.74, 6) is -0.0625. The fraction of sp³-hybridized carbons (Fsp3) is 0.600. The number of nitrogens with two attached hydrogens (primary N) is 1. The first-order valence-corrected chi connectivity index (χ1v) is 5.00. The molecule has 0 spiro atoms. The van der Waals surface area contributed by atoms with E-state index >= 15 is 0 Å². The molecule has 0 aliphatic rings. The van der Waals surface area contributed by atoms with Crippen molar-refractivity contribution in [3.63, 3.8) is 0 Å². The Morgan fingerprint density at radius 2 is 2.27 bits per heavy atom. The molecule has 0 aromatic carbocycles. The number of aryl methyl sites for hydroxylation is 1. The summed E-state index contributed by atoms with van der Waals surface area (Å²) in [6.45, 7) is 7.93. The van der Waals surface area contributed by atoms with Crippen molar-refractivity contribution in [3.05, 3.63) is 11.9 Å². The van der Waals surface area contributed by atoms with Gasteiger partial charge in [-0.05, 0) is 27.7 Å². The highest BCUT2D eigenvalue weighted by Gasteiger charge is 2.30. The molecule has 0 bridgehead atoms. The topological polar surface area (TPSA) is 72.9 Å². The summed E-state index contributed by atoms with van der Waals surface area (Å²) >= 11 is 0. The van der Waals surface area contributed by atoms with Crippen LogP contribution < -0.4 is 11.1 Å². The zero-order chi connectivity index (χ0) is 11.6. The lowest BCUT2D eigenvalue weighted by Gasteiger charge is -2.23. The van der Waals surface area contributed by atoms with Crippen LogP contribution in [0.1, 0.15) is 26.5 Å². The summed E-state index contributed by atoms with van der Waals surface area (Å²) in [6, 6.07) is 0. The SMILES string of the molecule is CCNC(=O)C(C)(C)n1cc(N)c(C)n1. The predicted octanol–water partition coefficient (Wildman–Crippen LogP) is 0.645. The average Bonchev–Trinajstić information content (AvgIpc) is 2.48. The minimum absolute atomic E-state index is 0.0625. The Hall–Kier alpha value is -1.52. The normalized spacial score (nSPS) is 11.5. The summed E-state index contributed by atoms with van der Waals surface area (Å²) < 4.78 is 1.60. The molecule has 1 aromatic heterocycles. The number of amides is 1. The van der Waals surface area contributed by atoms with E-state index in [2.05, 4.69) is 10.4 Å². The van der Waals surface area contributed by atoms with Gasteiger partial charge in [-0.3, -0.25) is 9.48 Å². The lowest BCUT2D eigenvalue weighted by atomic mass is 10.1. The maximum Gasteiger partial charge on any atom is 0.247 e. The molecule has 5 heteroatoms. The minimum atomic E-state index is -0.710. The van der Waals surface area contributed by atoms with Crippen molar-refractivity contribution in [2.45, 2.75) is 33.2 Å². The molecule has 0 saturated heterocycles. The van der Waals surface area contributed by atoms with Gasteiger partial charge in [0.1, 0.15) is 5.54 Å². The molecule has 0 saturated carbocycles. The number of nitrogen functional groups attached to an aromatic ring is 1. The lowest BCUT2D eigenvalue weighted by molar-refractivity contribution is -0.128. The number of likely N-dealkylation sites (N-methyl/N-ethyl adjacent to an activating group) is 1. The van der Waals surface area contributed by atoms with Crippen molar-refractivity contribution in [3.8, 4) is 0 Å². The van der Waals surface area contributed by atoms with E-state index in [0.29, 0.717) is 12.2 Å². The first kappa shape index (κ1) is 11.6. The van der Waals surface area contributed by atoms with E-state index in [4.69, 9.17) is 5.73 Å². The number of nitrogens with zero attached hydrogens (tertiary/aromatic N) is 2. The third kappa shape index (κ3) is 2.11. The highest BCUT2D eigenvalue weighted by molar-refractivity contribution is 5.83. The van der Waals surface area contributed by atoms with Crippen molar-refractivity contribution in [2.24, 2.45) is 0 Å². The third-order valence-corrected chi connectivity index (χ3v) is 2.40. The van der Waals surface area contributed by atoms with Gasteiger partial charge in [0.2, 0.25) is 5.91 Å². The van der Waals surface area contributed by atoms with E-state index < -0.39 is 5.54 Å². The van der Waals surface area contributed by atoms with Crippen LogP contribution in [0.5, 0.6) is 0 Å². The molecule has 0 aliphatic heterocycles. The van der Waals surface area contributed by atoms with Crippen LogP contribution in [-0.2, 0) is 10.3 Å². The molecule has 0 fully saturated rings. The van der Waals surface area contributed by atoms with Crippen molar-refractivity contribution in [1.82, 2.24) is 15.1 Å². The second kappa shape index (κ2) is 3.92. The first-order chi connectivity index (χ1) is 6.89. The van der Waals surface area contributed by atoms with Crippen LogP contribution in [0.2, 0.25) is 0 Å². The summed E-state index contributed by atoms with van der Waals surface area (Å²) in [6.07, 6.45) is 1.69. The molecule has 1 amide bonds. The third-order valence-electron chi connectivity index (χ3n) is 2.40. The number of carbonyl (C=O) groups is 1. The van der Waals surface area contributed by atoms with Crippen LogP contribution >= 0.6 is 0 Å². The van der Waals surface area contributed by atoms with E-state index in [1.54, 1.807) is 10.9 Å². The molecular formula is C10H18N4O. The Bertz CT molecular complexity index is 348. The summed E-state index contributed by atoms with van der Waals surface area (Å²) in [5, 5.41) is 6.99. The van der Waals surface area contributed by atoms with Gasteiger partial charge in [-0.25, -0.2) is 0 Å². The molecule has 1 aromatic rings. The van der Waals surface area contributed by atoms with Gasteiger partial charge in [0.15, 0.2) is 0 Å². The van der Waals surface area contributed by atoms with Gasteiger partial charge in [0, 0.05) is 12.7 Å². The van der Waals surface area contributed by atoms with Gasteiger partial charge >= 0.3 is 0 Å². The summed E-state index contributed by atoms with van der Waals surface area (Å²) in [7, 11) is 0. The molecule has 3 N–H and O–H groups in total. The number of nitrogens with one attached hydrogen (secondary N) is 1. The van der Waals surface area contributed by atoms with Gasteiger partial charge in [-0.15, -0.1) is 0 Å². The van der Waals surface area contributed by atoms with E-state index in [1.807, 2.05) is 27.7 Å². The number of aromatic nitrogens is 2. The van der Waals surface area contributed by atoms with Crippen molar-refractivity contribution in [1.29, 1.82) is 0 Å². The van der Waals surface area contributed by atoms with Gasteiger partial charge in [-0.2, -0.15) is 5.10 Å². The number of hydrogen-bond acceptors (Lipinski definition) is 3. The van der Waals surface area contributed by atoms with Crippen LogP contribution in [0.25, 0.3) is 0 Å². The zero-order valence-electron chi connectivity index (χ0n) is 9.66. The van der Waals surface area contributed by atoms with Crippen molar-refractivity contribution >= 4 is 11.6 Å². The van der Waals surface area contributed by atoms with Gasteiger partial charge in [0.05, 0.1) is 11.4 Å². The Kier molecular flexibility index (Phi) is 3.02. The number of carbonyl (C=O) groups excluding carboxylic acids is 1. The zero-order valence-corrected chi connectivity index (χ0v) is 9.66. The lowest BCUT2D eigenvalue weighted by Crippen LogP contribution is -2.44. The molecule has 1 rings (SSSR count). The second-order valence-electron chi connectivity index (χ2n) is 4.03. The Balaban J connectivity index is 2.99. The fourth-order valence-electron chi connectivity index (χ4n) is 1.24. The highest BCUT2D eigenvalue weighted by atomic mass is 16.2. The Labute approximate surface area is 89.6 Å². The largest absolute Gasteiger partial charge is 0.396 e. The summed E-state index contributed by atoms with van der Waals surface area (Å²) in [5.41, 5.74) is 6.33. The molecule has 84 valence electrons. The summed E-state index contributed by atoms with van der Waals surface area (Å²) in [4.78, 5) is 11.8. The van der Waals surface area contributed by atoms with Gasteiger partial charge in [-0.1, -0.05) is 0 Å². The number of hydrogen-bond donors (Lipinski definition) is 2. The van der Waals surface area contributed by atoms with Crippen molar-refractivity contribution < 1.29 is 4.79 Å². The van der Waals surface area contributed by atoms with Crippen LogP contribution in [0.15, 0.2) is 6.20 Å². The smallest absolute Gasteiger partial charge is 0.247 e. The standard InChI is InChI=1S/C10H18N4O/c1-5-12-9(15)10(3,4)14-6-8(11)7(2)13-14/h6H,5,11H2,1-4H3,(H,12,15). The van der Waals surface area contributed by atoms with Crippen LogP contribution in [0.4, 0.5) is 5.69 Å². The fourth-order valence-corrected chi connectivity index (χ4v) is 1.24. The van der Waals surface area contributed by atoms with Gasteiger partial charge in [0.25, 0.3) is 0 Å². The van der Waals surface area contributed by atoms with Gasteiger partial charge < -0.3 is 11.1 Å². The molecule has 15 heavy (non-hydrogen) atoms. The van der Waals surface area contributed by atoms with E-state index in [0.717, 1.165) is 5.69 Å². The molecular weight excluding hydrogens is 192 g/mol. The molecule has 5 nitrogen and oxygen atoms in total.